The van der Waals surface area contributed by atoms with Crippen LogP contribution in [0.4, 0.5) is 0 Å². The molecule has 3 rings (SSSR count). The number of morpholine rings is 1. The van der Waals surface area contributed by atoms with Gasteiger partial charge in [0, 0.05) is 32.2 Å². The molecule has 3 fully saturated rings. The Balaban J connectivity index is 1.47. The molecule has 0 spiro atoms. The van der Waals surface area contributed by atoms with Gasteiger partial charge in [-0.3, -0.25) is 9.89 Å². The molecular formula is C15H28N4O. The number of rotatable bonds is 3. The molecule has 5 heteroatoms. The Morgan fingerprint density at radius 1 is 1.10 bits per heavy atom. The predicted molar refractivity (Wildman–Crippen MR) is 80.9 cm³/mol. The molecule has 114 valence electrons. The molecule has 2 N–H and O–H groups in total. The zero-order valence-corrected chi connectivity index (χ0v) is 12.5. The fourth-order valence-electron chi connectivity index (χ4n) is 3.22. The Morgan fingerprint density at radius 2 is 1.85 bits per heavy atom. The van der Waals surface area contributed by atoms with Crippen LogP contribution in [0.25, 0.3) is 0 Å². The quantitative estimate of drug-likeness (QED) is 0.620. The molecule has 1 atom stereocenters. The van der Waals surface area contributed by atoms with Gasteiger partial charge < -0.3 is 15.4 Å². The standard InChI is InChI=1S/C15H28N4O/c16-15(18-7-3-1-2-4-8-18)17-11-14-12-19(9-10-20-14)13-5-6-13/h13-14H,1-12H2,(H2,16,17). The van der Waals surface area contributed by atoms with Gasteiger partial charge in [-0.25, -0.2) is 0 Å². The molecule has 0 bridgehead atoms. The summed E-state index contributed by atoms with van der Waals surface area (Å²) < 4.78 is 5.83. The second-order valence-electron chi connectivity index (χ2n) is 6.32. The summed E-state index contributed by atoms with van der Waals surface area (Å²) in [5, 5.41) is 0. The van der Waals surface area contributed by atoms with Crippen molar-refractivity contribution in [1.29, 1.82) is 0 Å². The minimum absolute atomic E-state index is 0.231. The van der Waals surface area contributed by atoms with Crippen LogP contribution in [0.5, 0.6) is 0 Å². The van der Waals surface area contributed by atoms with Crippen LogP contribution >= 0.6 is 0 Å². The highest BCUT2D eigenvalue weighted by Gasteiger charge is 2.32. The molecule has 5 nitrogen and oxygen atoms in total. The van der Waals surface area contributed by atoms with Gasteiger partial charge in [0.25, 0.3) is 0 Å². The average molecular weight is 280 g/mol. The third kappa shape index (κ3) is 3.85. The summed E-state index contributed by atoms with van der Waals surface area (Å²) in [5.74, 6) is 0.721. The Hall–Kier alpha value is -0.810. The summed E-state index contributed by atoms with van der Waals surface area (Å²) in [6.45, 7) is 5.81. The lowest BCUT2D eigenvalue weighted by Crippen LogP contribution is -2.45. The first-order valence-corrected chi connectivity index (χ1v) is 8.23. The summed E-state index contributed by atoms with van der Waals surface area (Å²) in [6, 6.07) is 0.827. The lowest BCUT2D eigenvalue weighted by atomic mass is 10.2. The second kappa shape index (κ2) is 6.76. The Morgan fingerprint density at radius 3 is 2.55 bits per heavy atom. The molecule has 1 aliphatic carbocycles. The average Bonchev–Trinajstić information content (AvgIpc) is 3.30. The molecule has 2 aliphatic heterocycles. The maximum Gasteiger partial charge on any atom is 0.191 e. The van der Waals surface area contributed by atoms with Gasteiger partial charge in [-0.2, -0.15) is 0 Å². The van der Waals surface area contributed by atoms with Gasteiger partial charge in [0.15, 0.2) is 5.96 Å². The summed E-state index contributed by atoms with van der Waals surface area (Å²) in [7, 11) is 0. The topological polar surface area (TPSA) is 54.1 Å². The third-order valence-electron chi connectivity index (χ3n) is 4.62. The first-order valence-electron chi connectivity index (χ1n) is 8.23. The van der Waals surface area contributed by atoms with Crippen molar-refractivity contribution in [3.05, 3.63) is 0 Å². The number of hydrogen-bond donors (Lipinski definition) is 1. The maximum atomic E-state index is 6.15. The molecule has 0 amide bonds. The van der Waals surface area contributed by atoms with Crippen molar-refractivity contribution in [2.24, 2.45) is 10.7 Å². The summed E-state index contributed by atoms with van der Waals surface area (Å²) >= 11 is 0. The van der Waals surface area contributed by atoms with Crippen LogP contribution in [0.1, 0.15) is 38.5 Å². The Labute approximate surface area is 122 Å². The minimum Gasteiger partial charge on any atom is -0.374 e. The lowest BCUT2D eigenvalue weighted by molar-refractivity contribution is -0.0260. The van der Waals surface area contributed by atoms with Crippen LogP contribution in [-0.4, -0.2) is 67.2 Å². The van der Waals surface area contributed by atoms with Crippen LogP contribution in [0.15, 0.2) is 4.99 Å². The molecule has 0 aromatic heterocycles. The minimum atomic E-state index is 0.231. The molecule has 0 aromatic rings. The fraction of sp³-hybridized carbons (Fsp3) is 0.933. The number of nitrogens with two attached hydrogens (primary N) is 1. The SMILES string of the molecule is NC(=NCC1CN(C2CC2)CCO1)N1CCCCCC1. The van der Waals surface area contributed by atoms with Crippen molar-refractivity contribution in [2.45, 2.75) is 50.7 Å². The highest BCUT2D eigenvalue weighted by atomic mass is 16.5. The van der Waals surface area contributed by atoms with Gasteiger partial charge in [-0.15, -0.1) is 0 Å². The third-order valence-corrected chi connectivity index (χ3v) is 4.62. The molecule has 20 heavy (non-hydrogen) atoms. The molecule has 3 aliphatic rings. The summed E-state index contributed by atoms with van der Waals surface area (Å²) in [4.78, 5) is 9.40. The lowest BCUT2D eigenvalue weighted by Gasteiger charge is -2.32. The highest BCUT2D eigenvalue weighted by Crippen LogP contribution is 2.28. The number of guanidine groups is 1. The van der Waals surface area contributed by atoms with Gasteiger partial charge in [0.05, 0.1) is 19.3 Å². The number of ether oxygens (including phenoxy) is 1. The first kappa shape index (κ1) is 14.1. The molecule has 0 aromatic carbocycles. The zero-order chi connectivity index (χ0) is 13.8. The number of hydrogen-bond acceptors (Lipinski definition) is 3. The zero-order valence-electron chi connectivity index (χ0n) is 12.5. The van der Waals surface area contributed by atoms with Crippen molar-refractivity contribution in [3.8, 4) is 0 Å². The van der Waals surface area contributed by atoms with E-state index in [1.54, 1.807) is 0 Å². The fourth-order valence-corrected chi connectivity index (χ4v) is 3.22. The van der Waals surface area contributed by atoms with E-state index in [0.717, 1.165) is 44.8 Å². The number of likely N-dealkylation sites (tertiary alicyclic amines) is 1. The van der Waals surface area contributed by atoms with Crippen LogP contribution < -0.4 is 5.73 Å². The second-order valence-corrected chi connectivity index (χ2v) is 6.32. The van der Waals surface area contributed by atoms with E-state index in [1.807, 2.05) is 0 Å². The van der Waals surface area contributed by atoms with E-state index in [-0.39, 0.29) is 6.10 Å². The van der Waals surface area contributed by atoms with Crippen molar-refractivity contribution in [3.63, 3.8) is 0 Å². The van der Waals surface area contributed by atoms with Gasteiger partial charge >= 0.3 is 0 Å². The van der Waals surface area contributed by atoms with E-state index in [9.17, 15) is 0 Å². The molecule has 1 unspecified atom stereocenters. The Bertz CT molecular complexity index is 335. The summed E-state index contributed by atoms with van der Waals surface area (Å²) in [6.07, 6.45) is 8.10. The summed E-state index contributed by atoms with van der Waals surface area (Å²) in [5.41, 5.74) is 6.15. The van der Waals surface area contributed by atoms with Crippen LogP contribution in [0, 0.1) is 0 Å². The number of aliphatic imine (C=N–C) groups is 1. The Kier molecular flexibility index (Phi) is 4.78. The van der Waals surface area contributed by atoms with Crippen molar-refractivity contribution in [1.82, 2.24) is 9.80 Å². The molecule has 2 heterocycles. The van der Waals surface area contributed by atoms with Gasteiger partial charge in [-0.05, 0) is 25.7 Å². The van der Waals surface area contributed by atoms with Crippen LogP contribution in [0.3, 0.4) is 0 Å². The normalized spacial score (nSPS) is 30.3. The van der Waals surface area contributed by atoms with E-state index in [2.05, 4.69) is 14.8 Å². The number of nitrogens with zero attached hydrogens (tertiary/aromatic N) is 3. The van der Waals surface area contributed by atoms with Crippen molar-refractivity contribution < 1.29 is 4.74 Å². The first-order chi connectivity index (χ1) is 9.83. The van der Waals surface area contributed by atoms with Crippen LogP contribution in [0.2, 0.25) is 0 Å². The van der Waals surface area contributed by atoms with Crippen LogP contribution in [-0.2, 0) is 4.74 Å². The van der Waals surface area contributed by atoms with Crippen molar-refractivity contribution >= 4 is 5.96 Å². The van der Waals surface area contributed by atoms with E-state index in [1.165, 1.54) is 38.5 Å². The van der Waals surface area contributed by atoms with Gasteiger partial charge in [-0.1, -0.05) is 12.8 Å². The van der Waals surface area contributed by atoms with Gasteiger partial charge in [0.2, 0.25) is 0 Å². The predicted octanol–water partition coefficient (Wildman–Crippen LogP) is 1.04. The van der Waals surface area contributed by atoms with Gasteiger partial charge in [0.1, 0.15) is 0 Å². The molecule has 1 saturated carbocycles. The monoisotopic (exact) mass is 280 g/mol. The highest BCUT2D eigenvalue weighted by molar-refractivity contribution is 5.78. The van der Waals surface area contributed by atoms with Crippen molar-refractivity contribution in [2.75, 3.05) is 39.3 Å². The van der Waals surface area contributed by atoms with E-state index in [0.29, 0.717) is 6.54 Å². The van der Waals surface area contributed by atoms with E-state index in [4.69, 9.17) is 10.5 Å². The van der Waals surface area contributed by atoms with E-state index >= 15 is 0 Å². The smallest absolute Gasteiger partial charge is 0.191 e. The molecular weight excluding hydrogens is 252 g/mol. The molecule has 0 radical (unpaired) electrons. The molecule has 2 saturated heterocycles. The van der Waals surface area contributed by atoms with E-state index < -0.39 is 0 Å². The largest absolute Gasteiger partial charge is 0.374 e. The maximum absolute atomic E-state index is 6.15.